The van der Waals surface area contributed by atoms with Crippen LogP contribution in [0.2, 0.25) is 0 Å². The molecule has 0 saturated heterocycles. The van der Waals surface area contributed by atoms with Crippen molar-refractivity contribution in [3.05, 3.63) is 0 Å². The van der Waals surface area contributed by atoms with Crippen LogP contribution in [-0.2, 0) is 4.79 Å². The van der Waals surface area contributed by atoms with Gasteiger partial charge in [0.25, 0.3) is 0 Å². The molecule has 1 aliphatic rings. The van der Waals surface area contributed by atoms with E-state index in [2.05, 4.69) is 5.32 Å². The van der Waals surface area contributed by atoms with E-state index in [4.69, 9.17) is 5.11 Å². The summed E-state index contributed by atoms with van der Waals surface area (Å²) < 4.78 is 0. The van der Waals surface area contributed by atoms with Gasteiger partial charge in [0.1, 0.15) is 0 Å². The lowest BCUT2D eigenvalue weighted by Gasteiger charge is -2.21. The second kappa shape index (κ2) is 6.47. The van der Waals surface area contributed by atoms with Crippen LogP contribution >= 0.6 is 0 Å². The van der Waals surface area contributed by atoms with Crippen molar-refractivity contribution in [2.24, 2.45) is 5.92 Å². The third-order valence-corrected chi connectivity index (χ3v) is 2.98. The predicted octanol–water partition coefficient (Wildman–Crippen LogP) is 1.68. The molecule has 0 aliphatic heterocycles. The normalized spacial score (nSPS) is 16.4. The molecule has 1 atom stereocenters. The summed E-state index contributed by atoms with van der Waals surface area (Å²) in [4.78, 5) is 23.6. The average molecular weight is 242 g/mol. The van der Waals surface area contributed by atoms with E-state index in [0.29, 0.717) is 13.0 Å². The van der Waals surface area contributed by atoms with Crippen molar-refractivity contribution in [3.8, 4) is 0 Å². The van der Waals surface area contributed by atoms with Crippen molar-refractivity contribution in [2.45, 2.75) is 45.1 Å². The summed E-state index contributed by atoms with van der Waals surface area (Å²) in [6.45, 7) is 2.50. The Kier molecular flexibility index (Phi) is 5.25. The minimum atomic E-state index is -0.819. The Morgan fingerprint density at radius 1 is 1.47 bits per heavy atom. The van der Waals surface area contributed by atoms with Gasteiger partial charge >= 0.3 is 12.0 Å². The Labute approximate surface area is 102 Å². The Morgan fingerprint density at radius 2 is 2.12 bits per heavy atom. The molecule has 2 amide bonds. The van der Waals surface area contributed by atoms with E-state index >= 15 is 0 Å². The monoisotopic (exact) mass is 242 g/mol. The Morgan fingerprint density at radius 3 is 2.65 bits per heavy atom. The molecule has 98 valence electrons. The predicted molar refractivity (Wildman–Crippen MR) is 64.8 cm³/mol. The summed E-state index contributed by atoms with van der Waals surface area (Å²) >= 11 is 0. The van der Waals surface area contributed by atoms with E-state index in [1.54, 1.807) is 11.9 Å². The smallest absolute Gasteiger partial charge is 0.317 e. The molecular weight excluding hydrogens is 220 g/mol. The summed E-state index contributed by atoms with van der Waals surface area (Å²) in [5.41, 5.74) is 0. The molecule has 0 bridgehead atoms. The lowest BCUT2D eigenvalue weighted by Crippen LogP contribution is -2.42. The first kappa shape index (κ1) is 13.8. The summed E-state index contributed by atoms with van der Waals surface area (Å²) in [5, 5.41) is 11.4. The number of carboxylic acids is 1. The second-order valence-corrected chi connectivity index (χ2v) is 4.95. The zero-order valence-electron chi connectivity index (χ0n) is 10.6. The number of amides is 2. The van der Waals surface area contributed by atoms with Gasteiger partial charge in [-0.15, -0.1) is 0 Å². The largest absolute Gasteiger partial charge is 0.481 e. The van der Waals surface area contributed by atoms with E-state index < -0.39 is 5.97 Å². The quantitative estimate of drug-likeness (QED) is 0.713. The zero-order chi connectivity index (χ0) is 12.8. The van der Waals surface area contributed by atoms with Gasteiger partial charge in [0, 0.05) is 26.1 Å². The first-order chi connectivity index (χ1) is 7.99. The molecule has 5 heteroatoms. The molecule has 0 aromatic rings. The van der Waals surface area contributed by atoms with Crippen molar-refractivity contribution >= 4 is 12.0 Å². The first-order valence-corrected chi connectivity index (χ1v) is 6.22. The summed E-state index contributed by atoms with van der Waals surface area (Å²) in [5.74, 6) is -0.0245. The van der Waals surface area contributed by atoms with Crippen molar-refractivity contribution in [1.29, 1.82) is 0 Å². The maximum absolute atomic E-state index is 11.7. The molecule has 2 N–H and O–H groups in total. The molecule has 5 nitrogen and oxygen atoms in total. The van der Waals surface area contributed by atoms with Gasteiger partial charge in [0.05, 0.1) is 0 Å². The highest BCUT2D eigenvalue weighted by Gasteiger charge is 2.24. The minimum Gasteiger partial charge on any atom is -0.481 e. The van der Waals surface area contributed by atoms with E-state index in [0.717, 1.165) is 12.3 Å². The fraction of sp³-hybridized carbons (Fsp3) is 0.833. The van der Waals surface area contributed by atoms with Crippen LogP contribution in [0.15, 0.2) is 0 Å². The zero-order valence-corrected chi connectivity index (χ0v) is 10.6. The van der Waals surface area contributed by atoms with Gasteiger partial charge in [-0.25, -0.2) is 4.79 Å². The molecule has 1 saturated carbocycles. The standard InChI is InChI=1S/C12H22N2O3/c1-9(8-10-5-6-10)13-12(17)14(2)7-3-4-11(15)16/h9-10H,3-8H2,1-2H3,(H,13,17)(H,15,16). The number of carbonyl (C=O) groups excluding carboxylic acids is 1. The molecule has 1 unspecified atom stereocenters. The van der Waals surface area contributed by atoms with Gasteiger partial charge < -0.3 is 15.3 Å². The highest BCUT2D eigenvalue weighted by Crippen LogP contribution is 2.33. The second-order valence-electron chi connectivity index (χ2n) is 4.95. The third kappa shape index (κ3) is 6.14. The lowest BCUT2D eigenvalue weighted by atomic mass is 10.2. The van der Waals surface area contributed by atoms with Crippen LogP contribution in [0.5, 0.6) is 0 Å². The summed E-state index contributed by atoms with van der Waals surface area (Å²) in [6.07, 6.45) is 4.23. The number of urea groups is 1. The van der Waals surface area contributed by atoms with Crippen LogP contribution in [0.25, 0.3) is 0 Å². The Balaban J connectivity index is 2.13. The highest BCUT2D eigenvalue weighted by atomic mass is 16.4. The molecule has 0 aromatic carbocycles. The summed E-state index contributed by atoms with van der Waals surface area (Å²) in [7, 11) is 1.70. The molecule has 0 spiro atoms. The maximum atomic E-state index is 11.7. The number of hydrogen-bond donors (Lipinski definition) is 2. The fourth-order valence-corrected chi connectivity index (χ4v) is 1.80. The number of nitrogens with one attached hydrogen (secondary N) is 1. The van der Waals surface area contributed by atoms with E-state index in [-0.39, 0.29) is 18.5 Å². The van der Waals surface area contributed by atoms with Crippen molar-refractivity contribution in [3.63, 3.8) is 0 Å². The van der Waals surface area contributed by atoms with Gasteiger partial charge in [-0.1, -0.05) is 12.8 Å². The van der Waals surface area contributed by atoms with Crippen molar-refractivity contribution < 1.29 is 14.7 Å². The highest BCUT2D eigenvalue weighted by molar-refractivity contribution is 5.74. The number of rotatable bonds is 7. The fourth-order valence-electron chi connectivity index (χ4n) is 1.80. The molecule has 1 rings (SSSR count). The average Bonchev–Trinajstić information content (AvgIpc) is 3.00. The molecule has 1 fully saturated rings. The van der Waals surface area contributed by atoms with Crippen molar-refractivity contribution in [2.75, 3.05) is 13.6 Å². The van der Waals surface area contributed by atoms with E-state index in [1.807, 2.05) is 6.92 Å². The molecule has 0 heterocycles. The number of nitrogens with zero attached hydrogens (tertiary/aromatic N) is 1. The minimum absolute atomic E-state index is 0.106. The third-order valence-electron chi connectivity index (χ3n) is 2.98. The van der Waals surface area contributed by atoms with Crippen LogP contribution in [0.3, 0.4) is 0 Å². The number of hydrogen-bond acceptors (Lipinski definition) is 2. The van der Waals surface area contributed by atoms with Crippen LogP contribution in [-0.4, -0.2) is 41.6 Å². The van der Waals surface area contributed by atoms with E-state index in [9.17, 15) is 9.59 Å². The SMILES string of the molecule is CC(CC1CC1)NC(=O)N(C)CCCC(=O)O. The number of carboxylic acid groups (broad SMARTS) is 1. The van der Waals surface area contributed by atoms with Crippen LogP contribution < -0.4 is 5.32 Å². The van der Waals surface area contributed by atoms with Gasteiger partial charge in [-0.05, 0) is 25.7 Å². The lowest BCUT2D eigenvalue weighted by molar-refractivity contribution is -0.137. The molecule has 17 heavy (non-hydrogen) atoms. The van der Waals surface area contributed by atoms with Gasteiger partial charge in [0.15, 0.2) is 0 Å². The Bertz CT molecular complexity index is 277. The van der Waals surface area contributed by atoms with Crippen LogP contribution in [0.4, 0.5) is 4.79 Å². The van der Waals surface area contributed by atoms with Gasteiger partial charge in [-0.2, -0.15) is 0 Å². The molecular formula is C12H22N2O3. The molecule has 1 aliphatic carbocycles. The van der Waals surface area contributed by atoms with Crippen LogP contribution in [0.1, 0.15) is 39.0 Å². The van der Waals surface area contributed by atoms with Gasteiger partial charge in [-0.3, -0.25) is 4.79 Å². The van der Waals surface area contributed by atoms with Crippen molar-refractivity contribution in [1.82, 2.24) is 10.2 Å². The number of aliphatic carboxylic acids is 1. The van der Waals surface area contributed by atoms with Gasteiger partial charge in [0.2, 0.25) is 0 Å². The van der Waals surface area contributed by atoms with E-state index in [1.165, 1.54) is 12.8 Å². The maximum Gasteiger partial charge on any atom is 0.317 e. The summed E-state index contributed by atoms with van der Waals surface area (Å²) in [6, 6.07) is 0.0977. The number of carbonyl (C=O) groups is 2. The molecule has 0 radical (unpaired) electrons. The molecule has 0 aromatic heterocycles. The Hall–Kier alpha value is -1.26. The van der Waals surface area contributed by atoms with Crippen LogP contribution in [0, 0.1) is 5.92 Å². The topological polar surface area (TPSA) is 69.6 Å². The first-order valence-electron chi connectivity index (χ1n) is 6.22.